The number of thiazole rings is 1. The molecule has 0 aliphatic carbocycles. The van der Waals surface area contributed by atoms with Gasteiger partial charge in [0.05, 0.1) is 16.6 Å². The van der Waals surface area contributed by atoms with Gasteiger partial charge in [-0.1, -0.05) is 23.5 Å². The Morgan fingerprint density at radius 1 is 1.42 bits per heavy atom. The van der Waals surface area contributed by atoms with Gasteiger partial charge in [0.2, 0.25) is 5.91 Å². The van der Waals surface area contributed by atoms with Crippen LogP contribution in [0, 0.1) is 0 Å². The highest BCUT2D eigenvalue weighted by atomic mass is 32.2. The summed E-state index contributed by atoms with van der Waals surface area (Å²) in [5.74, 6) is -0.00281. The predicted molar refractivity (Wildman–Crippen MR) is 76.7 cm³/mol. The van der Waals surface area contributed by atoms with Gasteiger partial charge >= 0.3 is 4.34 Å². The van der Waals surface area contributed by atoms with Crippen LogP contribution in [0.15, 0.2) is 28.6 Å². The summed E-state index contributed by atoms with van der Waals surface area (Å²) in [7, 11) is 0. The standard InChI is InChI=1S/C13H14N2O2S2/c16-12-8-9(4-3-7-14-12)19(17)13-15-10-5-1-2-6-11(10)18-13/h1-2,5-6,9H,3-4,7-8H2,(H,14,16). The van der Waals surface area contributed by atoms with Crippen molar-refractivity contribution in [1.29, 1.82) is 0 Å². The molecule has 1 aliphatic heterocycles. The number of carbonyl (C=O) groups excluding carboxylic acids is 1. The molecule has 1 amide bonds. The lowest BCUT2D eigenvalue weighted by Crippen LogP contribution is -2.27. The number of hydrogen-bond donors (Lipinski definition) is 1. The van der Waals surface area contributed by atoms with E-state index in [0.717, 1.165) is 23.1 Å². The number of benzene rings is 1. The second kappa shape index (κ2) is 5.48. The molecule has 0 radical (unpaired) electrons. The zero-order chi connectivity index (χ0) is 13.2. The van der Waals surface area contributed by atoms with E-state index < -0.39 is 11.2 Å². The molecule has 1 aliphatic rings. The van der Waals surface area contributed by atoms with E-state index in [-0.39, 0.29) is 11.2 Å². The summed E-state index contributed by atoms with van der Waals surface area (Å²) >= 11 is 0.276. The molecule has 1 saturated heterocycles. The van der Waals surface area contributed by atoms with Gasteiger partial charge in [0.25, 0.3) is 0 Å². The van der Waals surface area contributed by atoms with Crippen molar-refractivity contribution in [2.75, 3.05) is 6.54 Å². The van der Waals surface area contributed by atoms with Crippen molar-refractivity contribution >= 4 is 38.6 Å². The number of amides is 1. The number of rotatable bonds is 2. The first-order chi connectivity index (χ1) is 9.24. The first-order valence-electron chi connectivity index (χ1n) is 6.27. The van der Waals surface area contributed by atoms with Crippen LogP contribution < -0.4 is 5.32 Å². The Balaban J connectivity index is 1.85. The van der Waals surface area contributed by atoms with Gasteiger partial charge in [-0.2, -0.15) is 4.98 Å². The van der Waals surface area contributed by atoms with Gasteiger partial charge in [-0.15, -0.1) is 0 Å². The highest BCUT2D eigenvalue weighted by Gasteiger charge is 2.31. The van der Waals surface area contributed by atoms with E-state index in [2.05, 4.69) is 10.3 Å². The maximum atomic E-state index is 12.5. The quantitative estimate of drug-likeness (QED) is 0.862. The number of aromatic nitrogens is 1. The number of carbonyl (C=O) groups is 1. The van der Waals surface area contributed by atoms with Gasteiger partial charge in [0.15, 0.2) is 0 Å². The minimum atomic E-state index is -1.19. The van der Waals surface area contributed by atoms with Crippen LogP contribution in [0.5, 0.6) is 0 Å². The molecule has 4 nitrogen and oxygen atoms in total. The molecule has 3 rings (SSSR count). The van der Waals surface area contributed by atoms with Crippen LogP contribution in [-0.4, -0.2) is 27.2 Å². The zero-order valence-corrected chi connectivity index (χ0v) is 11.9. The maximum Gasteiger partial charge on any atom is 0.302 e. The second-order valence-electron chi connectivity index (χ2n) is 4.56. The van der Waals surface area contributed by atoms with Gasteiger partial charge in [-0.3, -0.25) is 4.79 Å². The Labute approximate surface area is 118 Å². The molecule has 2 aromatic rings. The molecule has 2 unspecified atom stereocenters. The lowest BCUT2D eigenvalue weighted by molar-refractivity contribution is -0.120. The van der Waals surface area contributed by atoms with Crippen molar-refractivity contribution in [1.82, 2.24) is 10.3 Å². The number of para-hydroxylation sites is 1. The number of hydrogen-bond acceptors (Lipinski definition) is 4. The zero-order valence-electron chi connectivity index (χ0n) is 10.3. The molecular weight excluding hydrogens is 280 g/mol. The number of nitrogens with zero attached hydrogens (tertiary/aromatic N) is 1. The van der Waals surface area contributed by atoms with E-state index in [4.69, 9.17) is 0 Å². The third-order valence-electron chi connectivity index (χ3n) is 3.19. The third-order valence-corrected chi connectivity index (χ3v) is 6.20. The van der Waals surface area contributed by atoms with E-state index in [1.807, 2.05) is 24.3 Å². The molecule has 6 heteroatoms. The summed E-state index contributed by atoms with van der Waals surface area (Å²) in [6.45, 7) is 0.687. The summed E-state index contributed by atoms with van der Waals surface area (Å²) in [6, 6.07) is 7.78. The summed E-state index contributed by atoms with van der Waals surface area (Å²) in [5, 5.41) is 2.71. The van der Waals surface area contributed by atoms with Crippen LogP contribution in [-0.2, 0) is 16.0 Å². The van der Waals surface area contributed by atoms with Crippen molar-refractivity contribution in [2.45, 2.75) is 28.9 Å². The predicted octanol–water partition coefficient (Wildman–Crippen LogP) is 2.07. The van der Waals surface area contributed by atoms with Crippen LogP contribution in [0.1, 0.15) is 19.3 Å². The Morgan fingerprint density at radius 3 is 3.11 bits per heavy atom. The average Bonchev–Trinajstić information content (AvgIpc) is 2.73. The fourth-order valence-corrected chi connectivity index (χ4v) is 5.06. The minimum Gasteiger partial charge on any atom is -0.609 e. The molecule has 1 aromatic carbocycles. The van der Waals surface area contributed by atoms with Gasteiger partial charge in [0.1, 0.15) is 5.25 Å². The van der Waals surface area contributed by atoms with Crippen LogP contribution >= 0.6 is 11.3 Å². The molecule has 0 saturated carbocycles. The molecule has 1 aromatic heterocycles. The van der Waals surface area contributed by atoms with Crippen LogP contribution in [0.4, 0.5) is 0 Å². The summed E-state index contributed by atoms with van der Waals surface area (Å²) in [5.41, 5.74) is 0.883. The fraction of sp³-hybridized carbons (Fsp3) is 0.385. The normalized spacial score (nSPS) is 21.9. The first-order valence-corrected chi connectivity index (χ1v) is 8.30. The average molecular weight is 294 g/mol. The Bertz CT molecular complexity index is 566. The summed E-state index contributed by atoms with van der Waals surface area (Å²) < 4.78 is 14.2. The highest BCUT2D eigenvalue weighted by molar-refractivity contribution is 7.94. The SMILES string of the molecule is O=C1CC([S+]([O-])c2nc3ccccc3s2)CCCN1. The first kappa shape index (κ1) is 12.9. The van der Waals surface area contributed by atoms with Crippen molar-refractivity contribution in [2.24, 2.45) is 0 Å². The monoisotopic (exact) mass is 294 g/mol. The number of nitrogens with one attached hydrogen (secondary N) is 1. The summed E-state index contributed by atoms with van der Waals surface area (Å²) in [6.07, 6.45) is 2.02. The molecule has 0 spiro atoms. The highest BCUT2D eigenvalue weighted by Crippen LogP contribution is 2.30. The van der Waals surface area contributed by atoms with E-state index >= 15 is 0 Å². The molecule has 2 heterocycles. The number of fused-ring (bicyclic) bond motifs is 1. The molecule has 2 atom stereocenters. The lowest BCUT2D eigenvalue weighted by atomic mass is 10.2. The minimum absolute atomic E-state index is 0.00281. The van der Waals surface area contributed by atoms with E-state index in [1.54, 1.807) is 0 Å². The topological polar surface area (TPSA) is 65.0 Å². The van der Waals surface area contributed by atoms with Crippen molar-refractivity contribution in [3.05, 3.63) is 24.3 Å². The van der Waals surface area contributed by atoms with Crippen LogP contribution in [0.25, 0.3) is 10.2 Å². The van der Waals surface area contributed by atoms with Gasteiger partial charge < -0.3 is 9.87 Å². The molecule has 19 heavy (non-hydrogen) atoms. The van der Waals surface area contributed by atoms with Gasteiger partial charge in [-0.25, -0.2) is 0 Å². The Kier molecular flexibility index (Phi) is 3.72. The Hall–Kier alpha value is -1.11. The lowest BCUT2D eigenvalue weighted by Gasteiger charge is -2.15. The maximum absolute atomic E-state index is 12.5. The van der Waals surface area contributed by atoms with E-state index in [0.29, 0.717) is 17.3 Å². The Morgan fingerprint density at radius 2 is 2.26 bits per heavy atom. The molecule has 100 valence electrons. The van der Waals surface area contributed by atoms with Crippen molar-refractivity contribution < 1.29 is 9.35 Å². The van der Waals surface area contributed by atoms with Gasteiger partial charge in [-0.05, 0) is 25.0 Å². The molecule has 1 fully saturated rings. The molecular formula is C13H14N2O2S2. The molecule has 0 bridgehead atoms. The summed E-state index contributed by atoms with van der Waals surface area (Å²) in [4.78, 5) is 16.0. The van der Waals surface area contributed by atoms with Crippen molar-refractivity contribution in [3.8, 4) is 0 Å². The molecule has 1 N–H and O–H groups in total. The fourth-order valence-electron chi connectivity index (χ4n) is 2.20. The van der Waals surface area contributed by atoms with Crippen LogP contribution in [0.2, 0.25) is 0 Å². The van der Waals surface area contributed by atoms with E-state index in [1.165, 1.54) is 11.3 Å². The largest absolute Gasteiger partial charge is 0.609 e. The van der Waals surface area contributed by atoms with Crippen molar-refractivity contribution in [3.63, 3.8) is 0 Å². The van der Waals surface area contributed by atoms with Crippen LogP contribution in [0.3, 0.4) is 0 Å². The van der Waals surface area contributed by atoms with E-state index in [9.17, 15) is 9.35 Å². The third kappa shape index (κ3) is 2.75. The second-order valence-corrected chi connectivity index (χ2v) is 7.50. The smallest absolute Gasteiger partial charge is 0.302 e. The van der Waals surface area contributed by atoms with Gasteiger partial charge in [0, 0.05) is 17.7 Å².